The molecular weight excluding hydrogens is 398 g/mol. The predicted molar refractivity (Wildman–Crippen MR) is 119 cm³/mol. The highest BCUT2D eigenvalue weighted by Gasteiger charge is 2.25. The number of anilines is 1. The van der Waals surface area contributed by atoms with Gasteiger partial charge in [-0.05, 0) is 55.4 Å². The van der Waals surface area contributed by atoms with Crippen LogP contribution in [0, 0.1) is 12.8 Å². The second kappa shape index (κ2) is 9.73. The molecule has 3 rings (SSSR count). The molecule has 2 aromatic rings. The van der Waals surface area contributed by atoms with Gasteiger partial charge in [-0.2, -0.15) is 0 Å². The highest BCUT2D eigenvalue weighted by Crippen LogP contribution is 2.22. The van der Waals surface area contributed by atoms with Crippen LogP contribution >= 0.6 is 0 Å². The molecule has 0 saturated carbocycles. The Kier molecular flexibility index (Phi) is 7.28. The molecule has 0 bridgehead atoms. The first-order chi connectivity index (χ1) is 14.3. The van der Waals surface area contributed by atoms with Gasteiger partial charge in [0.2, 0.25) is 10.0 Å². The Morgan fingerprint density at radius 1 is 1.10 bits per heavy atom. The van der Waals surface area contributed by atoms with Crippen molar-refractivity contribution in [2.24, 2.45) is 5.92 Å². The zero-order chi connectivity index (χ0) is 21.7. The SMILES string of the molecule is Cc1ccc(NC(=O)C[NH+]2CCC(Cc3ccccc3)CC2)cc1S(=O)(=O)N(C)C. The van der Waals surface area contributed by atoms with E-state index in [-0.39, 0.29) is 10.8 Å². The molecule has 1 fully saturated rings. The fourth-order valence-corrected chi connectivity index (χ4v) is 5.14. The number of aryl methyl sites for hydroxylation is 1. The van der Waals surface area contributed by atoms with E-state index in [9.17, 15) is 13.2 Å². The van der Waals surface area contributed by atoms with Crippen LogP contribution in [0.4, 0.5) is 5.69 Å². The van der Waals surface area contributed by atoms with Crippen molar-refractivity contribution < 1.29 is 18.1 Å². The van der Waals surface area contributed by atoms with Crippen LogP contribution in [0.1, 0.15) is 24.0 Å². The summed E-state index contributed by atoms with van der Waals surface area (Å²) < 4.78 is 26.1. The van der Waals surface area contributed by atoms with Crippen LogP contribution in [-0.4, -0.2) is 52.4 Å². The number of nitrogens with zero attached hydrogens (tertiary/aromatic N) is 1. The topological polar surface area (TPSA) is 70.9 Å². The molecule has 1 aliphatic rings. The molecule has 1 heterocycles. The lowest BCUT2D eigenvalue weighted by molar-refractivity contribution is -0.898. The van der Waals surface area contributed by atoms with Crippen molar-refractivity contribution in [1.29, 1.82) is 0 Å². The molecule has 7 heteroatoms. The molecule has 1 saturated heterocycles. The van der Waals surface area contributed by atoms with Gasteiger partial charge in [-0.25, -0.2) is 12.7 Å². The number of benzene rings is 2. The van der Waals surface area contributed by atoms with Crippen LogP contribution < -0.4 is 10.2 Å². The highest BCUT2D eigenvalue weighted by molar-refractivity contribution is 7.89. The number of carbonyl (C=O) groups excluding carboxylic acids is 1. The van der Waals surface area contributed by atoms with Crippen molar-refractivity contribution in [2.45, 2.75) is 31.1 Å². The number of hydrogen-bond donors (Lipinski definition) is 2. The second-order valence-electron chi connectivity index (χ2n) is 8.38. The fraction of sp³-hybridized carbons (Fsp3) is 0.435. The minimum absolute atomic E-state index is 0.0800. The molecule has 30 heavy (non-hydrogen) atoms. The maximum absolute atomic E-state index is 12.5. The monoisotopic (exact) mass is 430 g/mol. The van der Waals surface area contributed by atoms with E-state index < -0.39 is 10.0 Å². The lowest BCUT2D eigenvalue weighted by atomic mass is 9.90. The molecule has 162 valence electrons. The Bertz CT molecular complexity index is 966. The third-order valence-corrected chi connectivity index (χ3v) is 7.78. The minimum atomic E-state index is -3.55. The average Bonchev–Trinajstić information content (AvgIpc) is 2.71. The van der Waals surface area contributed by atoms with Crippen molar-refractivity contribution in [3.63, 3.8) is 0 Å². The largest absolute Gasteiger partial charge is 0.327 e. The third-order valence-electron chi connectivity index (χ3n) is 5.82. The summed E-state index contributed by atoms with van der Waals surface area (Å²) in [7, 11) is -0.539. The van der Waals surface area contributed by atoms with Crippen molar-refractivity contribution in [2.75, 3.05) is 39.0 Å². The molecule has 0 spiro atoms. The summed E-state index contributed by atoms with van der Waals surface area (Å²) in [4.78, 5) is 14.0. The number of quaternary nitrogens is 1. The van der Waals surface area contributed by atoms with E-state index in [4.69, 9.17) is 0 Å². The molecule has 2 N–H and O–H groups in total. The van der Waals surface area contributed by atoms with Gasteiger partial charge < -0.3 is 10.2 Å². The van der Waals surface area contributed by atoms with Crippen molar-refractivity contribution in [1.82, 2.24) is 4.31 Å². The number of nitrogens with one attached hydrogen (secondary N) is 2. The number of piperidine rings is 1. The normalized spacial score (nSPS) is 19.6. The fourth-order valence-electron chi connectivity index (χ4n) is 4.00. The van der Waals surface area contributed by atoms with Crippen LogP contribution in [0.2, 0.25) is 0 Å². The summed E-state index contributed by atoms with van der Waals surface area (Å²) in [6.45, 7) is 4.13. The smallest absolute Gasteiger partial charge is 0.279 e. The van der Waals surface area contributed by atoms with Crippen LogP contribution in [0.3, 0.4) is 0 Å². The van der Waals surface area contributed by atoms with E-state index in [0.717, 1.165) is 32.4 Å². The van der Waals surface area contributed by atoms with Gasteiger partial charge in [0.25, 0.3) is 5.91 Å². The summed E-state index contributed by atoms with van der Waals surface area (Å²) in [5.74, 6) is 0.596. The maximum Gasteiger partial charge on any atom is 0.279 e. The standard InChI is InChI=1S/C23H31N3O3S/c1-18-9-10-21(16-22(18)30(28,29)25(2)3)24-23(27)17-26-13-11-20(12-14-26)15-19-7-5-4-6-8-19/h4-10,16,20H,11-15,17H2,1-3H3,(H,24,27)/p+1. The summed E-state index contributed by atoms with van der Waals surface area (Å²) in [6, 6.07) is 15.6. The van der Waals surface area contributed by atoms with E-state index in [0.29, 0.717) is 23.7 Å². The lowest BCUT2D eigenvalue weighted by Crippen LogP contribution is -3.14. The lowest BCUT2D eigenvalue weighted by Gasteiger charge is -2.29. The van der Waals surface area contributed by atoms with Crippen molar-refractivity contribution in [3.8, 4) is 0 Å². The van der Waals surface area contributed by atoms with E-state index in [1.807, 2.05) is 6.07 Å². The van der Waals surface area contributed by atoms with E-state index in [2.05, 4.69) is 29.6 Å². The number of sulfonamides is 1. The summed E-state index contributed by atoms with van der Waals surface area (Å²) in [5.41, 5.74) is 2.56. The Balaban J connectivity index is 1.53. The van der Waals surface area contributed by atoms with E-state index in [1.165, 1.54) is 28.9 Å². The van der Waals surface area contributed by atoms with Crippen LogP contribution in [0.15, 0.2) is 53.4 Å². The van der Waals surface area contributed by atoms with Gasteiger partial charge in [-0.3, -0.25) is 4.79 Å². The Hall–Kier alpha value is -2.22. The summed E-state index contributed by atoms with van der Waals surface area (Å²) in [6.07, 6.45) is 3.34. The minimum Gasteiger partial charge on any atom is -0.327 e. The molecule has 2 aromatic carbocycles. The first-order valence-electron chi connectivity index (χ1n) is 10.5. The molecule has 1 aliphatic heterocycles. The molecular formula is C23H32N3O3S+. The van der Waals surface area contributed by atoms with Gasteiger partial charge in [0.15, 0.2) is 6.54 Å². The van der Waals surface area contributed by atoms with Gasteiger partial charge >= 0.3 is 0 Å². The first kappa shape index (κ1) is 22.5. The number of hydrogen-bond acceptors (Lipinski definition) is 3. The van der Waals surface area contributed by atoms with Gasteiger partial charge in [-0.15, -0.1) is 0 Å². The average molecular weight is 431 g/mol. The molecule has 0 unspecified atom stereocenters. The number of rotatable bonds is 7. The van der Waals surface area contributed by atoms with Gasteiger partial charge in [0, 0.05) is 19.8 Å². The maximum atomic E-state index is 12.5. The van der Waals surface area contributed by atoms with Crippen LogP contribution in [-0.2, 0) is 21.2 Å². The zero-order valence-electron chi connectivity index (χ0n) is 18.0. The van der Waals surface area contributed by atoms with Gasteiger partial charge in [0.1, 0.15) is 0 Å². The summed E-state index contributed by atoms with van der Waals surface area (Å²) in [5, 5.41) is 2.88. The quantitative estimate of drug-likeness (QED) is 0.703. The van der Waals surface area contributed by atoms with Crippen LogP contribution in [0.5, 0.6) is 0 Å². The molecule has 1 amide bonds. The first-order valence-corrected chi connectivity index (χ1v) is 11.9. The van der Waals surface area contributed by atoms with Crippen molar-refractivity contribution >= 4 is 21.6 Å². The molecule has 0 aliphatic carbocycles. The third kappa shape index (κ3) is 5.68. The molecule has 0 radical (unpaired) electrons. The number of amides is 1. The predicted octanol–water partition coefficient (Wildman–Crippen LogP) is 1.72. The highest BCUT2D eigenvalue weighted by atomic mass is 32.2. The van der Waals surface area contributed by atoms with Crippen LogP contribution in [0.25, 0.3) is 0 Å². The number of carbonyl (C=O) groups is 1. The van der Waals surface area contributed by atoms with Gasteiger partial charge in [0.05, 0.1) is 18.0 Å². The van der Waals surface area contributed by atoms with Crippen molar-refractivity contribution in [3.05, 3.63) is 59.7 Å². The number of likely N-dealkylation sites (tertiary alicyclic amines) is 1. The zero-order valence-corrected chi connectivity index (χ0v) is 18.8. The second-order valence-corrected chi connectivity index (χ2v) is 10.5. The molecule has 0 aromatic heterocycles. The summed E-state index contributed by atoms with van der Waals surface area (Å²) >= 11 is 0. The Morgan fingerprint density at radius 2 is 1.77 bits per heavy atom. The van der Waals surface area contributed by atoms with E-state index >= 15 is 0 Å². The van der Waals surface area contributed by atoms with E-state index in [1.54, 1.807) is 25.1 Å². The Labute approximate surface area is 179 Å². The molecule has 0 atom stereocenters. The Morgan fingerprint density at radius 3 is 2.40 bits per heavy atom. The molecule has 6 nitrogen and oxygen atoms in total. The van der Waals surface area contributed by atoms with Gasteiger partial charge in [-0.1, -0.05) is 36.4 Å².